The normalized spacial score (nSPS) is 16.1. The van der Waals surface area contributed by atoms with Crippen LogP contribution in [-0.2, 0) is 11.3 Å². The van der Waals surface area contributed by atoms with Gasteiger partial charge in [-0.2, -0.15) is 0 Å². The zero-order chi connectivity index (χ0) is 22.8. The molecule has 1 atom stereocenters. The SMILES string of the molecule is C=CC(=O)N1CCC[C@H](Nc2cc(CN(CCC)CCO)cc(Nc3ncccn3)n2)C1. The second-order valence-electron chi connectivity index (χ2n) is 7.91. The van der Waals surface area contributed by atoms with Crippen molar-refractivity contribution in [3.05, 3.63) is 48.8 Å². The number of nitrogens with one attached hydrogen (secondary N) is 2. The minimum Gasteiger partial charge on any atom is -0.395 e. The van der Waals surface area contributed by atoms with E-state index < -0.39 is 0 Å². The van der Waals surface area contributed by atoms with Crippen molar-refractivity contribution < 1.29 is 9.90 Å². The van der Waals surface area contributed by atoms with Crippen LogP contribution in [0.4, 0.5) is 17.6 Å². The van der Waals surface area contributed by atoms with Gasteiger partial charge in [-0.25, -0.2) is 15.0 Å². The molecule has 0 radical (unpaired) electrons. The Morgan fingerprint density at radius 2 is 2.09 bits per heavy atom. The number of hydrogen-bond donors (Lipinski definition) is 3. The van der Waals surface area contributed by atoms with Crippen LogP contribution in [-0.4, -0.2) is 74.6 Å². The Kier molecular flexibility index (Phi) is 8.94. The molecule has 3 heterocycles. The quantitative estimate of drug-likeness (QED) is 0.458. The van der Waals surface area contributed by atoms with E-state index in [0.717, 1.165) is 43.7 Å². The summed E-state index contributed by atoms with van der Waals surface area (Å²) in [5.41, 5.74) is 1.07. The highest BCUT2D eigenvalue weighted by Crippen LogP contribution is 2.21. The number of aliphatic hydroxyl groups excluding tert-OH is 1. The predicted molar refractivity (Wildman–Crippen MR) is 126 cm³/mol. The van der Waals surface area contributed by atoms with Crippen LogP contribution in [0, 0.1) is 0 Å². The molecule has 2 aromatic heterocycles. The highest BCUT2D eigenvalue weighted by molar-refractivity contribution is 5.87. The predicted octanol–water partition coefficient (Wildman–Crippen LogP) is 2.41. The first-order valence-corrected chi connectivity index (χ1v) is 11.2. The van der Waals surface area contributed by atoms with Crippen molar-refractivity contribution in [2.24, 2.45) is 0 Å². The maximum Gasteiger partial charge on any atom is 0.246 e. The lowest BCUT2D eigenvalue weighted by Crippen LogP contribution is -2.44. The van der Waals surface area contributed by atoms with E-state index >= 15 is 0 Å². The largest absolute Gasteiger partial charge is 0.395 e. The fraction of sp³-hybridized carbons (Fsp3) is 0.478. The van der Waals surface area contributed by atoms with Crippen LogP contribution in [0.2, 0.25) is 0 Å². The monoisotopic (exact) mass is 439 g/mol. The third kappa shape index (κ3) is 7.00. The highest BCUT2D eigenvalue weighted by Gasteiger charge is 2.22. The molecule has 0 aliphatic carbocycles. The number of hydrogen-bond acceptors (Lipinski definition) is 8. The molecule has 3 rings (SSSR count). The number of carbonyl (C=O) groups excluding carboxylic acids is 1. The van der Waals surface area contributed by atoms with Gasteiger partial charge in [-0.1, -0.05) is 13.5 Å². The Morgan fingerprint density at radius 3 is 2.81 bits per heavy atom. The Morgan fingerprint density at radius 1 is 1.31 bits per heavy atom. The van der Waals surface area contributed by atoms with Crippen molar-refractivity contribution in [2.45, 2.75) is 38.8 Å². The number of amides is 1. The van der Waals surface area contributed by atoms with Crippen LogP contribution in [0.3, 0.4) is 0 Å². The summed E-state index contributed by atoms with van der Waals surface area (Å²) in [6.45, 7) is 9.43. The molecular weight excluding hydrogens is 406 g/mol. The standard InChI is InChI=1S/C23H33N7O2/c1-3-10-29(12-13-31)16-18-14-20(26-19-7-5-11-30(17-19)22(32)4-2)27-21(15-18)28-23-24-8-6-9-25-23/h4,6,8-9,14-15,19,31H,2-3,5,7,10-13,16-17H2,1H3,(H2,24,25,26,27,28)/t19-/m0/s1. The molecule has 1 amide bonds. The van der Waals surface area contributed by atoms with Crippen LogP contribution in [0.1, 0.15) is 31.7 Å². The lowest BCUT2D eigenvalue weighted by molar-refractivity contribution is -0.127. The summed E-state index contributed by atoms with van der Waals surface area (Å²) in [4.78, 5) is 29.2. The summed E-state index contributed by atoms with van der Waals surface area (Å²) in [7, 11) is 0. The van der Waals surface area contributed by atoms with Gasteiger partial charge in [0.1, 0.15) is 11.6 Å². The Bertz CT molecular complexity index is 872. The van der Waals surface area contributed by atoms with Crippen molar-refractivity contribution in [1.82, 2.24) is 24.8 Å². The maximum absolute atomic E-state index is 12.0. The maximum atomic E-state index is 12.0. The number of aromatic nitrogens is 3. The van der Waals surface area contributed by atoms with Crippen LogP contribution < -0.4 is 10.6 Å². The summed E-state index contributed by atoms with van der Waals surface area (Å²) in [5, 5.41) is 16.1. The average molecular weight is 440 g/mol. The molecule has 172 valence electrons. The Balaban J connectivity index is 1.80. The summed E-state index contributed by atoms with van der Waals surface area (Å²) in [6.07, 6.45) is 7.62. The number of piperidine rings is 1. The van der Waals surface area contributed by atoms with E-state index in [1.165, 1.54) is 6.08 Å². The molecule has 9 nitrogen and oxygen atoms in total. The van der Waals surface area contributed by atoms with Crippen LogP contribution in [0.5, 0.6) is 0 Å². The number of pyridine rings is 1. The first kappa shape index (κ1) is 23.6. The number of aliphatic hydroxyl groups is 1. The van der Waals surface area contributed by atoms with E-state index in [0.29, 0.717) is 31.4 Å². The van der Waals surface area contributed by atoms with Crippen LogP contribution >= 0.6 is 0 Å². The van der Waals surface area contributed by atoms with Crippen molar-refractivity contribution >= 4 is 23.5 Å². The van der Waals surface area contributed by atoms with E-state index in [1.54, 1.807) is 18.5 Å². The minimum atomic E-state index is -0.0407. The first-order chi connectivity index (χ1) is 15.6. The van der Waals surface area contributed by atoms with E-state index in [4.69, 9.17) is 4.98 Å². The average Bonchev–Trinajstić information content (AvgIpc) is 2.79. The smallest absolute Gasteiger partial charge is 0.246 e. The van der Waals surface area contributed by atoms with E-state index in [2.05, 4.69) is 39.0 Å². The first-order valence-electron chi connectivity index (χ1n) is 11.2. The van der Waals surface area contributed by atoms with Crippen molar-refractivity contribution in [2.75, 3.05) is 43.4 Å². The minimum absolute atomic E-state index is 0.0407. The molecule has 9 heteroatoms. The van der Waals surface area contributed by atoms with Gasteiger partial charge in [0.05, 0.1) is 6.61 Å². The lowest BCUT2D eigenvalue weighted by Gasteiger charge is -2.33. The highest BCUT2D eigenvalue weighted by atomic mass is 16.3. The fourth-order valence-electron chi connectivity index (χ4n) is 3.91. The van der Waals surface area contributed by atoms with Crippen molar-refractivity contribution in [1.29, 1.82) is 0 Å². The third-order valence-electron chi connectivity index (χ3n) is 5.31. The molecule has 0 unspecified atom stereocenters. The summed E-state index contributed by atoms with van der Waals surface area (Å²) >= 11 is 0. The Labute approximate surface area is 189 Å². The van der Waals surface area contributed by atoms with Crippen molar-refractivity contribution in [3.63, 3.8) is 0 Å². The van der Waals surface area contributed by atoms with Gasteiger partial charge in [0.2, 0.25) is 11.9 Å². The molecular formula is C23H33N7O2. The molecule has 0 spiro atoms. The number of anilines is 3. The van der Waals surface area contributed by atoms with Gasteiger partial charge in [-0.3, -0.25) is 9.69 Å². The molecule has 0 saturated carbocycles. The van der Waals surface area contributed by atoms with Crippen LogP contribution in [0.25, 0.3) is 0 Å². The van der Waals surface area contributed by atoms with E-state index in [-0.39, 0.29) is 18.6 Å². The molecule has 3 N–H and O–H groups in total. The molecule has 1 aliphatic heterocycles. The molecule has 2 aromatic rings. The zero-order valence-electron chi connectivity index (χ0n) is 18.7. The number of likely N-dealkylation sites (tertiary alicyclic amines) is 1. The van der Waals surface area contributed by atoms with Gasteiger partial charge in [-0.15, -0.1) is 0 Å². The zero-order valence-corrected chi connectivity index (χ0v) is 18.7. The molecule has 1 aliphatic rings. The third-order valence-corrected chi connectivity index (χ3v) is 5.31. The molecule has 1 saturated heterocycles. The number of nitrogens with zero attached hydrogens (tertiary/aromatic N) is 5. The van der Waals surface area contributed by atoms with E-state index in [1.807, 2.05) is 17.0 Å². The van der Waals surface area contributed by atoms with Gasteiger partial charge in [0.25, 0.3) is 0 Å². The summed E-state index contributed by atoms with van der Waals surface area (Å²) < 4.78 is 0. The number of rotatable bonds is 11. The molecule has 32 heavy (non-hydrogen) atoms. The summed E-state index contributed by atoms with van der Waals surface area (Å²) in [5.74, 6) is 1.82. The van der Waals surface area contributed by atoms with E-state index in [9.17, 15) is 9.90 Å². The van der Waals surface area contributed by atoms with Gasteiger partial charge in [0.15, 0.2) is 0 Å². The summed E-state index contributed by atoms with van der Waals surface area (Å²) in [6, 6.07) is 5.89. The fourth-order valence-corrected chi connectivity index (χ4v) is 3.91. The van der Waals surface area contributed by atoms with Gasteiger partial charge in [-0.05, 0) is 55.6 Å². The molecule has 0 bridgehead atoms. The lowest BCUT2D eigenvalue weighted by atomic mass is 10.1. The Hall–Kier alpha value is -3.04. The van der Waals surface area contributed by atoms with Gasteiger partial charge < -0.3 is 20.6 Å². The second-order valence-corrected chi connectivity index (χ2v) is 7.91. The topological polar surface area (TPSA) is 107 Å². The van der Waals surface area contributed by atoms with Gasteiger partial charge in [0, 0.05) is 44.6 Å². The number of carbonyl (C=O) groups is 1. The second kappa shape index (κ2) is 12.1. The molecule has 0 aromatic carbocycles. The van der Waals surface area contributed by atoms with Gasteiger partial charge >= 0.3 is 0 Å². The van der Waals surface area contributed by atoms with Crippen LogP contribution in [0.15, 0.2) is 43.2 Å². The van der Waals surface area contributed by atoms with Crippen molar-refractivity contribution in [3.8, 4) is 0 Å². The molecule has 1 fully saturated rings.